The number of piperidine rings is 1. The van der Waals surface area contributed by atoms with Crippen LogP contribution in [0.5, 0.6) is 0 Å². The lowest BCUT2D eigenvalue weighted by molar-refractivity contribution is -0.126. The van der Waals surface area contributed by atoms with Gasteiger partial charge in [0.05, 0.1) is 21.7 Å². The number of hydrogen-bond acceptors (Lipinski definition) is 5. The zero-order valence-corrected chi connectivity index (χ0v) is 19.4. The molecule has 164 valence electrons. The maximum Gasteiger partial charge on any atom is 0.243 e. The Morgan fingerprint density at radius 2 is 1.81 bits per heavy atom. The average molecular weight is 458 g/mol. The highest BCUT2D eigenvalue weighted by Gasteiger charge is 2.32. The van der Waals surface area contributed by atoms with Crippen molar-refractivity contribution in [3.63, 3.8) is 0 Å². The summed E-state index contributed by atoms with van der Waals surface area (Å²) in [5.41, 5.74) is 2.05. The summed E-state index contributed by atoms with van der Waals surface area (Å²) < 4.78 is 28.5. The van der Waals surface area contributed by atoms with Crippen LogP contribution in [0.15, 0.2) is 53.4 Å². The molecule has 6 nitrogen and oxygen atoms in total. The molecular formula is C23H27N3O3S2. The molecule has 31 heavy (non-hydrogen) atoms. The molecule has 1 fully saturated rings. The average Bonchev–Trinajstić information content (AvgIpc) is 3.20. The second-order valence-electron chi connectivity index (χ2n) is 8.20. The first-order valence-corrected chi connectivity index (χ1v) is 12.8. The van der Waals surface area contributed by atoms with Gasteiger partial charge in [-0.1, -0.05) is 38.1 Å². The topological polar surface area (TPSA) is 79.4 Å². The van der Waals surface area contributed by atoms with Crippen LogP contribution in [0.25, 0.3) is 10.2 Å². The minimum Gasteiger partial charge on any atom is -0.349 e. The molecular weight excluding hydrogens is 430 g/mol. The van der Waals surface area contributed by atoms with Crippen molar-refractivity contribution in [1.82, 2.24) is 14.6 Å². The molecule has 2 heterocycles. The minimum absolute atomic E-state index is 0.0300. The zero-order valence-electron chi connectivity index (χ0n) is 17.7. The number of benzene rings is 2. The zero-order chi connectivity index (χ0) is 22.0. The van der Waals surface area contributed by atoms with Gasteiger partial charge in [0.2, 0.25) is 15.9 Å². The first kappa shape index (κ1) is 21.9. The molecule has 0 unspecified atom stereocenters. The summed E-state index contributed by atoms with van der Waals surface area (Å²) >= 11 is 1.58. The maximum absolute atomic E-state index is 13.0. The van der Waals surface area contributed by atoms with Crippen LogP contribution >= 0.6 is 11.3 Å². The molecule has 0 aliphatic carbocycles. The lowest BCUT2D eigenvalue weighted by Crippen LogP contribution is -2.42. The molecule has 8 heteroatoms. The monoisotopic (exact) mass is 457 g/mol. The molecule has 0 bridgehead atoms. The molecule has 1 saturated heterocycles. The lowest BCUT2D eigenvalue weighted by Gasteiger charge is -2.30. The van der Waals surface area contributed by atoms with Gasteiger partial charge in [-0.2, -0.15) is 4.31 Å². The van der Waals surface area contributed by atoms with Gasteiger partial charge in [-0.25, -0.2) is 13.4 Å². The van der Waals surface area contributed by atoms with Gasteiger partial charge in [0.15, 0.2) is 0 Å². The number of thiazole rings is 1. The van der Waals surface area contributed by atoms with Crippen molar-refractivity contribution in [2.45, 2.75) is 44.0 Å². The molecule has 0 radical (unpaired) electrons. The fraction of sp³-hybridized carbons (Fsp3) is 0.391. The van der Waals surface area contributed by atoms with E-state index < -0.39 is 10.0 Å². The summed E-state index contributed by atoms with van der Waals surface area (Å²) in [5.74, 6) is 0.149. The molecule has 4 rings (SSSR count). The summed E-state index contributed by atoms with van der Waals surface area (Å²) in [4.78, 5) is 17.5. The van der Waals surface area contributed by atoms with Crippen molar-refractivity contribution in [3.8, 4) is 0 Å². The quantitative estimate of drug-likeness (QED) is 0.603. The number of para-hydroxylation sites is 1. The van der Waals surface area contributed by atoms with Crippen LogP contribution in [-0.4, -0.2) is 36.7 Å². The van der Waals surface area contributed by atoms with Gasteiger partial charge in [-0.3, -0.25) is 4.79 Å². The normalized spacial score (nSPS) is 16.1. The van der Waals surface area contributed by atoms with Gasteiger partial charge in [0.25, 0.3) is 0 Å². The summed E-state index contributed by atoms with van der Waals surface area (Å²) in [7, 11) is -3.53. The number of carbonyl (C=O) groups excluding carboxylic acids is 1. The Kier molecular flexibility index (Phi) is 6.41. The van der Waals surface area contributed by atoms with E-state index in [9.17, 15) is 13.2 Å². The molecule has 1 aromatic heterocycles. The molecule has 2 aromatic carbocycles. The Hall–Kier alpha value is -2.29. The summed E-state index contributed by atoms with van der Waals surface area (Å²) in [6, 6.07) is 15.0. The van der Waals surface area contributed by atoms with Crippen molar-refractivity contribution >= 4 is 37.5 Å². The Morgan fingerprint density at radius 1 is 1.13 bits per heavy atom. The number of rotatable bonds is 6. The summed E-state index contributed by atoms with van der Waals surface area (Å²) in [6.07, 6.45) is 1.05. The van der Waals surface area contributed by atoms with Crippen LogP contribution < -0.4 is 5.32 Å². The van der Waals surface area contributed by atoms with Gasteiger partial charge in [-0.15, -0.1) is 11.3 Å². The van der Waals surface area contributed by atoms with E-state index >= 15 is 0 Å². The fourth-order valence-corrected chi connectivity index (χ4v) is 6.21. The standard InChI is InChI=1S/C23H27N3O3S2/c1-16(2)17-7-9-19(10-8-17)31(28,29)26-13-11-18(12-14-26)23(27)24-15-22-25-20-5-3-4-6-21(20)30-22/h3-10,16,18H,11-15H2,1-2H3,(H,24,27). The van der Waals surface area contributed by atoms with Crippen molar-refractivity contribution in [3.05, 3.63) is 59.1 Å². The number of carbonyl (C=O) groups is 1. The van der Waals surface area contributed by atoms with E-state index in [4.69, 9.17) is 0 Å². The highest BCUT2D eigenvalue weighted by atomic mass is 32.2. The molecule has 1 aliphatic rings. The van der Waals surface area contributed by atoms with Crippen LogP contribution in [0, 0.1) is 5.92 Å². The maximum atomic E-state index is 13.0. The van der Waals surface area contributed by atoms with Gasteiger partial charge in [0, 0.05) is 19.0 Å². The van der Waals surface area contributed by atoms with Crippen LogP contribution in [0.3, 0.4) is 0 Å². The Morgan fingerprint density at radius 3 is 2.45 bits per heavy atom. The van der Waals surface area contributed by atoms with Crippen LogP contribution in [0.4, 0.5) is 0 Å². The molecule has 0 saturated carbocycles. The van der Waals surface area contributed by atoms with Gasteiger partial charge < -0.3 is 5.32 Å². The molecule has 0 atom stereocenters. The third-order valence-corrected chi connectivity index (χ3v) is 8.71. The number of fused-ring (bicyclic) bond motifs is 1. The Labute approximate surface area is 187 Å². The van der Waals surface area contributed by atoms with E-state index in [2.05, 4.69) is 24.1 Å². The fourth-order valence-electron chi connectivity index (χ4n) is 3.83. The predicted molar refractivity (Wildman–Crippen MR) is 123 cm³/mol. The van der Waals surface area contributed by atoms with Gasteiger partial charge in [0.1, 0.15) is 5.01 Å². The predicted octanol–water partition coefficient (Wildman–Crippen LogP) is 4.14. The number of amides is 1. The number of hydrogen-bond donors (Lipinski definition) is 1. The summed E-state index contributed by atoms with van der Waals surface area (Å²) in [5, 5.41) is 3.85. The second-order valence-corrected chi connectivity index (χ2v) is 11.2. The van der Waals surface area contributed by atoms with E-state index in [1.165, 1.54) is 4.31 Å². The van der Waals surface area contributed by atoms with E-state index in [0.717, 1.165) is 20.8 Å². The number of nitrogens with one attached hydrogen (secondary N) is 1. The van der Waals surface area contributed by atoms with Crippen LogP contribution in [0.2, 0.25) is 0 Å². The molecule has 0 spiro atoms. The Bertz CT molecular complexity index is 1130. The van der Waals surface area contributed by atoms with Gasteiger partial charge >= 0.3 is 0 Å². The SMILES string of the molecule is CC(C)c1ccc(S(=O)(=O)N2CCC(C(=O)NCc3nc4ccccc4s3)CC2)cc1. The van der Waals surface area contributed by atoms with E-state index in [1.54, 1.807) is 23.5 Å². The summed E-state index contributed by atoms with van der Waals surface area (Å²) in [6.45, 7) is 5.27. The minimum atomic E-state index is -3.53. The first-order valence-electron chi connectivity index (χ1n) is 10.6. The molecule has 1 aliphatic heterocycles. The number of sulfonamides is 1. The number of aromatic nitrogens is 1. The number of nitrogens with zero attached hydrogens (tertiary/aromatic N) is 2. The van der Waals surface area contributed by atoms with Crippen molar-refractivity contribution in [2.24, 2.45) is 5.92 Å². The van der Waals surface area contributed by atoms with E-state index in [-0.39, 0.29) is 11.8 Å². The van der Waals surface area contributed by atoms with Crippen molar-refractivity contribution < 1.29 is 13.2 Å². The van der Waals surface area contributed by atoms with Crippen LogP contribution in [-0.2, 0) is 21.4 Å². The lowest BCUT2D eigenvalue weighted by atomic mass is 9.97. The molecule has 1 amide bonds. The van der Waals surface area contributed by atoms with Crippen LogP contribution in [0.1, 0.15) is 43.2 Å². The Balaban J connectivity index is 1.32. The first-order chi connectivity index (χ1) is 14.8. The van der Waals surface area contributed by atoms with E-state index in [1.807, 2.05) is 36.4 Å². The third kappa shape index (κ3) is 4.81. The van der Waals surface area contributed by atoms with Crippen molar-refractivity contribution in [2.75, 3.05) is 13.1 Å². The second kappa shape index (κ2) is 9.06. The molecule has 3 aromatic rings. The van der Waals surface area contributed by atoms with E-state index in [0.29, 0.717) is 43.3 Å². The smallest absolute Gasteiger partial charge is 0.243 e. The third-order valence-electron chi connectivity index (χ3n) is 5.76. The van der Waals surface area contributed by atoms with Gasteiger partial charge in [-0.05, 0) is 48.6 Å². The van der Waals surface area contributed by atoms with Crippen molar-refractivity contribution in [1.29, 1.82) is 0 Å². The highest BCUT2D eigenvalue weighted by molar-refractivity contribution is 7.89. The highest BCUT2D eigenvalue weighted by Crippen LogP contribution is 2.26. The molecule has 1 N–H and O–H groups in total. The largest absolute Gasteiger partial charge is 0.349 e.